The minimum Gasteiger partial charge on any atom is -0.506 e. The molecule has 2 rings (SSSR count). The molecule has 0 amide bonds. The highest BCUT2D eigenvalue weighted by Gasteiger charge is 2.18. The Kier molecular flexibility index (Phi) is 4.98. The van der Waals surface area contributed by atoms with Crippen LogP contribution in [0.3, 0.4) is 0 Å². The Hall–Kier alpha value is -1.85. The largest absolute Gasteiger partial charge is 0.506 e. The Morgan fingerprint density at radius 2 is 2.14 bits per heavy atom. The smallest absolute Gasteiger partial charge is 0.263 e. The first-order valence-corrected chi connectivity index (χ1v) is 7.07. The number of ketones is 1. The Balaban J connectivity index is 2.35. The number of nitrogens with one attached hydrogen (secondary N) is 1. The fourth-order valence-electron chi connectivity index (χ4n) is 2.04. The van der Waals surface area contributed by atoms with Gasteiger partial charge in [-0.3, -0.25) is 9.59 Å². The van der Waals surface area contributed by atoms with Crippen molar-refractivity contribution in [2.24, 2.45) is 0 Å². The lowest BCUT2D eigenvalue weighted by molar-refractivity contribution is 0.0875. The Morgan fingerprint density at radius 1 is 1.38 bits per heavy atom. The molecule has 2 aromatic rings. The van der Waals surface area contributed by atoms with Crippen molar-refractivity contribution in [2.45, 2.75) is 19.8 Å². The average molecular weight is 310 g/mol. The molecular weight excluding hydrogens is 294 g/mol. The van der Waals surface area contributed by atoms with Crippen molar-refractivity contribution < 1.29 is 14.6 Å². The second-order valence-electron chi connectivity index (χ2n) is 4.65. The molecule has 112 valence electrons. The monoisotopic (exact) mass is 309 g/mol. The minimum atomic E-state index is -0.609. The van der Waals surface area contributed by atoms with Crippen LogP contribution in [0.15, 0.2) is 23.0 Å². The lowest BCUT2D eigenvalue weighted by atomic mass is 10.1. The van der Waals surface area contributed by atoms with Crippen LogP contribution in [0.1, 0.15) is 30.1 Å². The molecule has 0 atom stereocenters. The summed E-state index contributed by atoms with van der Waals surface area (Å²) in [4.78, 5) is 26.6. The van der Waals surface area contributed by atoms with Gasteiger partial charge in [-0.2, -0.15) is 0 Å². The molecule has 0 aliphatic rings. The first-order chi connectivity index (χ1) is 10.0. The Morgan fingerprint density at radius 3 is 2.86 bits per heavy atom. The van der Waals surface area contributed by atoms with E-state index in [1.807, 2.05) is 6.92 Å². The number of H-pyrrole nitrogens is 1. The van der Waals surface area contributed by atoms with E-state index >= 15 is 0 Å². The van der Waals surface area contributed by atoms with E-state index in [4.69, 9.17) is 16.3 Å². The molecule has 0 radical (unpaired) electrons. The molecule has 21 heavy (non-hydrogen) atoms. The summed E-state index contributed by atoms with van der Waals surface area (Å²) in [5.41, 5.74) is -0.423. The summed E-state index contributed by atoms with van der Waals surface area (Å²) >= 11 is 5.87. The van der Waals surface area contributed by atoms with Gasteiger partial charge in [0.05, 0.1) is 12.1 Å². The molecule has 2 N–H and O–H groups in total. The summed E-state index contributed by atoms with van der Waals surface area (Å²) in [6.45, 7) is 2.74. The second-order valence-corrected chi connectivity index (χ2v) is 5.09. The third-order valence-electron chi connectivity index (χ3n) is 3.05. The summed E-state index contributed by atoms with van der Waals surface area (Å²) in [6, 6.07) is 4.68. The fraction of sp³-hybridized carbons (Fsp3) is 0.333. The molecule has 0 spiro atoms. The van der Waals surface area contributed by atoms with Crippen LogP contribution < -0.4 is 5.56 Å². The van der Waals surface area contributed by atoms with Gasteiger partial charge in [-0.25, -0.2) is 0 Å². The summed E-state index contributed by atoms with van der Waals surface area (Å²) in [5, 5.41) is 10.9. The van der Waals surface area contributed by atoms with Crippen molar-refractivity contribution in [3.8, 4) is 5.75 Å². The zero-order valence-corrected chi connectivity index (χ0v) is 12.4. The van der Waals surface area contributed by atoms with Crippen molar-refractivity contribution in [2.75, 3.05) is 13.2 Å². The number of pyridine rings is 1. The Bertz CT molecular complexity index is 723. The van der Waals surface area contributed by atoms with Crippen LogP contribution in [0, 0.1) is 0 Å². The van der Waals surface area contributed by atoms with Crippen LogP contribution in [0.25, 0.3) is 10.9 Å². The molecule has 1 aromatic heterocycles. The van der Waals surface area contributed by atoms with Crippen molar-refractivity contribution in [3.05, 3.63) is 39.1 Å². The third-order valence-corrected chi connectivity index (χ3v) is 3.28. The summed E-state index contributed by atoms with van der Waals surface area (Å²) in [5.74, 6) is -0.788. The molecule has 1 aromatic carbocycles. The number of rotatable bonds is 6. The number of Topliss-reactive ketones (excluding diaryl/α,β-unsaturated/α-hetero) is 1. The van der Waals surface area contributed by atoms with Crippen molar-refractivity contribution in [1.82, 2.24) is 4.98 Å². The number of aromatic amines is 1. The maximum Gasteiger partial charge on any atom is 0.263 e. The maximum atomic E-state index is 12.1. The van der Waals surface area contributed by atoms with Gasteiger partial charge in [0.25, 0.3) is 5.56 Å². The summed E-state index contributed by atoms with van der Waals surface area (Å²) in [6.07, 6.45) is 0.900. The van der Waals surface area contributed by atoms with Crippen molar-refractivity contribution in [1.29, 1.82) is 0 Å². The number of halogens is 1. The lowest BCUT2D eigenvalue weighted by Gasteiger charge is -2.07. The molecule has 0 bridgehead atoms. The highest BCUT2D eigenvalue weighted by Crippen LogP contribution is 2.28. The topological polar surface area (TPSA) is 79.4 Å². The van der Waals surface area contributed by atoms with Gasteiger partial charge in [0.1, 0.15) is 11.3 Å². The maximum absolute atomic E-state index is 12.1. The predicted molar refractivity (Wildman–Crippen MR) is 81.3 cm³/mol. The van der Waals surface area contributed by atoms with Crippen LogP contribution in [0.5, 0.6) is 5.75 Å². The van der Waals surface area contributed by atoms with Crippen molar-refractivity contribution in [3.63, 3.8) is 0 Å². The van der Waals surface area contributed by atoms with Crippen LogP contribution in [-0.4, -0.2) is 29.1 Å². The van der Waals surface area contributed by atoms with E-state index in [0.717, 1.165) is 6.42 Å². The first-order valence-electron chi connectivity index (χ1n) is 6.70. The van der Waals surface area contributed by atoms with Crippen molar-refractivity contribution >= 4 is 28.3 Å². The first kappa shape index (κ1) is 15.5. The van der Waals surface area contributed by atoms with Gasteiger partial charge in [0.2, 0.25) is 0 Å². The van der Waals surface area contributed by atoms with E-state index in [1.54, 1.807) is 12.1 Å². The van der Waals surface area contributed by atoms with Gasteiger partial charge in [-0.05, 0) is 24.6 Å². The van der Waals surface area contributed by atoms with E-state index in [2.05, 4.69) is 4.98 Å². The Labute approximate surface area is 126 Å². The third kappa shape index (κ3) is 3.43. The van der Waals surface area contributed by atoms with E-state index in [1.165, 1.54) is 6.07 Å². The second kappa shape index (κ2) is 6.74. The number of fused-ring (bicyclic) bond motifs is 1. The number of aromatic hydroxyl groups is 1. The van der Waals surface area contributed by atoms with Gasteiger partial charge in [-0.1, -0.05) is 18.5 Å². The number of hydrogen-bond acceptors (Lipinski definition) is 4. The van der Waals surface area contributed by atoms with Gasteiger partial charge in [-0.15, -0.1) is 0 Å². The highest BCUT2D eigenvalue weighted by molar-refractivity contribution is 6.31. The molecule has 0 saturated carbocycles. The van der Waals surface area contributed by atoms with E-state index < -0.39 is 11.3 Å². The molecule has 0 fully saturated rings. The standard InChI is InChI=1S/C15H16ClNO4/c1-2-6-21-7-5-12(18)13-14(19)10-8-9(16)3-4-11(10)17-15(13)20/h3-4,8H,2,5-7H2,1H3,(H2,17,19,20). The molecule has 6 heteroatoms. The zero-order chi connectivity index (χ0) is 15.4. The van der Waals surface area contributed by atoms with Crippen LogP contribution >= 0.6 is 11.6 Å². The number of benzene rings is 1. The number of carbonyl (C=O) groups excluding carboxylic acids is 1. The zero-order valence-electron chi connectivity index (χ0n) is 11.6. The lowest BCUT2D eigenvalue weighted by Crippen LogP contribution is -2.19. The fourth-order valence-corrected chi connectivity index (χ4v) is 2.22. The normalized spacial score (nSPS) is 11.0. The van der Waals surface area contributed by atoms with E-state index in [0.29, 0.717) is 22.5 Å². The van der Waals surface area contributed by atoms with Gasteiger partial charge >= 0.3 is 0 Å². The predicted octanol–water partition coefficient (Wildman–Crippen LogP) is 2.89. The molecule has 1 heterocycles. The van der Waals surface area contributed by atoms with Crippen LogP contribution in [0.2, 0.25) is 5.02 Å². The minimum absolute atomic E-state index is 0.0444. The van der Waals surface area contributed by atoms with Crippen LogP contribution in [-0.2, 0) is 4.74 Å². The van der Waals surface area contributed by atoms with Gasteiger partial charge in [0.15, 0.2) is 5.78 Å². The number of hydrogen-bond donors (Lipinski definition) is 2. The molecular formula is C15H16ClNO4. The van der Waals surface area contributed by atoms with E-state index in [-0.39, 0.29) is 24.3 Å². The number of carbonyl (C=O) groups is 1. The van der Waals surface area contributed by atoms with E-state index in [9.17, 15) is 14.7 Å². The SMILES string of the molecule is CCCOCCC(=O)c1c(O)c2cc(Cl)ccc2[nH]c1=O. The van der Waals surface area contributed by atoms with Gasteiger partial charge < -0.3 is 14.8 Å². The molecule has 0 aliphatic heterocycles. The van der Waals surface area contributed by atoms with Crippen LogP contribution in [0.4, 0.5) is 0 Å². The highest BCUT2D eigenvalue weighted by atomic mass is 35.5. The molecule has 0 aliphatic carbocycles. The summed E-state index contributed by atoms with van der Waals surface area (Å²) < 4.78 is 5.23. The molecule has 0 unspecified atom stereocenters. The van der Waals surface area contributed by atoms with Gasteiger partial charge in [0, 0.05) is 23.4 Å². The molecule has 0 saturated heterocycles. The average Bonchev–Trinajstić information content (AvgIpc) is 2.44. The summed E-state index contributed by atoms with van der Waals surface area (Å²) in [7, 11) is 0. The number of ether oxygens (including phenoxy) is 1. The molecule has 5 nitrogen and oxygen atoms in total. The quantitative estimate of drug-likeness (QED) is 0.635. The number of aromatic nitrogens is 1.